The van der Waals surface area contributed by atoms with Crippen molar-refractivity contribution in [2.24, 2.45) is 5.10 Å². The maximum atomic E-state index is 11.8. The van der Waals surface area contributed by atoms with Crippen LogP contribution in [0.2, 0.25) is 0 Å². The van der Waals surface area contributed by atoms with E-state index in [1.54, 1.807) is 25.3 Å². The minimum atomic E-state index is -0.419. The fourth-order valence-corrected chi connectivity index (χ4v) is 1.74. The summed E-state index contributed by atoms with van der Waals surface area (Å²) in [5.41, 5.74) is 3.78. The Labute approximate surface area is 133 Å². The third-order valence-electron chi connectivity index (χ3n) is 2.84. The van der Waals surface area contributed by atoms with Gasteiger partial charge >= 0.3 is 0 Å². The minimum Gasteiger partial charge on any atom is -0.508 e. The first-order valence-electron chi connectivity index (χ1n) is 6.87. The summed E-state index contributed by atoms with van der Waals surface area (Å²) in [6.07, 6.45) is 3.20. The first-order chi connectivity index (χ1) is 11.0. The van der Waals surface area contributed by atoms with E-state index in [2.05, 4.69) is 20.8 Å². The summed E-state index contributed by atoms with van der Waals surface area (Å²) in [4.78, 5) is 27.5. The van der Waals surface area contributed by atoms with Gasteiger partial charge in [-0.1, -0.05) is 0 Å². The van der Waals surface area contributed by atoms with Gasteiger partial charge in [-0.3, -0.25) is 14.6 Å². The van der Waals surface area contributed by atoms with Crippen molar-refractivity contribution in [1.82, 2.24) is 10.4 Å². The molecule has 2 aromatic rings. The van der Waals surface area contributed by atoms with Crippen LogP contribution in [0, 0.1) is 0 Å². The van der Waals surface area contributed by atoms with Crippen LogP contribution in [0.3, 0.4) is 0 Å². The number of aromatic nitrogens is 1. The highest BCUT2D eigenvalue weighted by atomic mass is 16.3. The van der Waals surface area contributed by atoms with Crippen molar-refractivity contribution in [1.29, 1.82) is 0 Å². The number of hydrogen-bond acceptors (Lipinski definition) is 5. The zero-order valence-electron chi connectivity index (χ0n) is 12.5. The molecule has 0 aliphatic heterocycles. The average Bonchev–Trinajstić information content (AvgIpc) is 2.54. The van der Waals surface area contributed by atoms with Gasteiger partial charge in [0.15, 0.2) is 0 Å². The third-order valence-corrected chi connectivity index (χ3v) is 2.84. The van der Waals surface area contributed by atoms with Gasteiger partial charge < -0.3 is 10.4 Å². The van der Waals surface area contributed by atoms with Crippen LogP contribution in [0.1, 0.15) is 23.7 Å². The average molecular weight is 312 g/mol. The number of rotatable bonds is 5. The largest absolute Gasteiger partial charge is 0.508 e. The van der Waals surface area contributed by atoms with Crippen molar-refractivity contribution in [2.45, 2.75) is 13.3 Å². The molecular formula is C16H16N4O3. The van der Waals surface area contributed by atoms with E-state index in [4.69, 9.17) is 5.11 Å². The zero-order chi connectivity index (χ0) is 16.7. The standard InChI is InChI=1S/C16H16N4O3/c1-11(9-15(22)18-13-3-2-8-17-10-13)19-20-16(23)12-4-6-14(21)7-5-12/h2-8,10,21H,9H2,1H3,(H,18,22)(H,20,23)/b19-11+. The molecule has 0 bridgehead atoms. The molecule has 0 fully saturated rings. The Morgan fingerprint density at radius 2 is 1.96 bits per heavy atom. The second-order valence-corrected chi connectivity index (χ2v) is 4.80. The number of carbonyl (C=O) groups is 2. The van der Waals surface area contributed by atoms with Crippen LogP contribution in [0.15, 0.2) is 53.9 Å². The smallest absolute Gasteiger partial charge is 0.271 e. The Balaban J connectivity index is 1.86. The highest BCUT2D eigenvalue weighted by Gasteiger charge is 2.07. The molecule has 23 heavy (non-hydrogen) atoms. The molecule has 0 unspecified atom stereocenters. The number of benzene rings is 1. The van der Waals surface area contributed by atoms with Crippen molar-refractivity contribution in [3.05, 3.63) is 54.4 Å². The highest BCUT2D eigenvalue weighted by molar-refractivity contribution is 6.06. The van der Waals surface area contributed by atoms with Gasteiger partial charge in [0.1, 0.15) is 5.75 Å². The first-order valence-corrected chi connectivity index (χ1v) is 6.87. The summed E-state index contributed by atoms with van der Waals surface area (Å²) in [5.74, 6) is -0.594. The van der Waals surface area contributed by atoms with Crippen LogP contribution in [-0.2, 0) is 4.79 Å². The normalized spacial score (nSPS) is 10.9. The summed E-state index contributed by atoms with van der Waals surface area (Å²) in [5, 5.41) is 15.7. The number of pyridine rings is 1. The number of phenols is 1. The number of anilines is 1. The molecule has 1 aromatic heterocycles. The van der Waals surface area contributed by atoms with Crippen molar-refractivity contribution in [3.8, 4) is 5.75 Å². The lowest BCUT2D eigenvalue weighted by Gasteiger charge is -2.05. The summed E-state index contributed by atoms with van der Waals surface area (Å²) >= 11 is 0. The maximum Gasteiger partial charge on any atom is 0.271 e. The number of carbonyl (C=O) groups excluding carboxylic acids is 2. The topological polar surface area (TPSA) is 104 Å². The minimum absolute atomic E-state index is 0.0464. The molecule has 7 nitrogen and oxygen atoms in total. The number of nitrogens with zero attached hydrogens (tertiary/aromatic N) is 2. The number of phenolic OH excluding ortho intramolecular Hbond substituents is 1. The quantitative estimate of drug-likeness (QED) is 0.579. The Kier molecular flexibility index (Phi) is 5.40. The molecule has 2 rings (SSSR count). The summed E-state index contributed by atoms with van der Waals surface area (Å²) in [6.45, 7) is 1.64. The van der Waals surface area contributed by atoms with Crippen LogP contribution in [0.25, 0.3) is 0 Å². The molecular weight excluding hydrogens is 296 g/mol. The highest BCUT2D eigenvalue weighted by Crippen LogP contribution is 2.09. The van der Waals surface area contributed by atoms with Crippen LogP contribution >= 0.6 is 0 Å². The molecule has 0 radical (unpaired) electrons. The number of aromatic hydroxyl groups is 1. The van der Waals surface area contributed by atoms with E-state index >= 15 is 0 Å². The van der Waals surface area contributed by atoms with Gasteiger partial charge in [-0.25, -0.2) is 5.43 Å². The van der Waals surface area contributed by atoms with Gasteiger partial charge in [-0.05, 0) is 43.3 Å². The molecule has 7 heteroatoms. The van der Waals surface area contributed by atoms with Crippen molar-refractivity contribution in [3.63, 3.8) is 0 Å². The van der Waals surface area contributed by atoms with Gasteiger partial charge in [-0.2, -0.15) is 5.10 Å². The molecule has 118 valence electrons. The Morgan fingerprint density at radius 3 is 2.61 bits per heavy atom. The number of amides is 2. The van der Waals surface area contributed by atoms with E-state index in [1.165, 1.54) is 30.5 Å². The van der Waals surface area contributed by atoms with E-state index in [9.17, 15) is 9.59 Å². The van der Waals surface area contributed by atoms with Crippen molar-refractivity contribution < 1.29 is 14.7 Å². The lowest BCUT2D eigenvalue weighted by Crippen LogP contribution is -2.21. The van der Waals surface area contributed by atoms with Gasteiger partial charge in [-0.15, -0.1) is 0 Å². The van der Waals surface area contributed by atoms with Crippen molar-refractivity contribution in [2.75, 3.05) is 5.32 Å². The molecule has 0 spiro atoms. The summed E-state index contributed by atoms with van der Waals surface area (Å²) in [7, 11) is 0. The fraction of sp³-hybridized carbons (Fsp3) is 0.125. The van der Waals surface area contributed by atoms with Crippen LogP contribution in [-0.4, -0.2) is 27.6 Å². The molecule has 0 atom stereocenters. The molecule has 3 N–H and O–H groups in total. The summed E-state index contributed by atoms with van der Waals surface area (Å²) < 4.78 is 0. The molecule has 1 heterocycles. The molecule has 0 saturated carbocycles. The van der Waals surface area contributed by atoms with Crippen LogP contribution < -0.4 is 10.7 Å². The third kappa shape index (κ3) is 5.24. The predicted octanol–water partition coefficient (Wildman–Crippen LogP) is 1.92. The Bertz CT molecular complexity index is 712. The fourth-order valence-electron chi connectivity index (χ4n) is 1.74. The second kappa shape index (κ2) is 7.69. The van der Waals surface area contributed by atoms with E-state index in [1.807, 2.05) is 0 Å². The molecule has 1 aromatic carbocycles. The maximum absolute atomic E-state index is 11.8. The number of hydrazone groups is 1. The number of hydrogen-bond donors (Lipinski definition) is 3. The predicted molar refractivity (Wildman–Crippen MR) is 86.2 cm³/mol. The second-order valence-electron chi connectivity index (χ2n) is 4.80. The SMILES string of the molecule is C/C(CC(=O)Nc1cccnc1)=N\NC(=O)c1ccc(O)cc1. The van der Waals surface area contributed by atoms with Crippen LogP contribution in [0.5, 0.6) is 5.75 Å². The van der Waals surface area contributed by atoms with Crippen LogP contribution in [0.4, 0.5) is 5.69 Å². The molecule has 0 saturated heterocycles. The van der Waals surface area contributed by atoms with E-state index in [0.29, 0.717) is 17.0 Å². The van der Waals surface area contributed by atoms with Gasteiger partial charge in [0.2, 0.25) is 5.91 Å². The number of nitrogens with one attached hydrogen (secondary N) is 2. The molecule has 0 aliphatic rings. The van der Waals surface area contributed by atoms with E-state index < -0.39 is 5.91 Å². The first kappa shape index (κ1) is 16.2. The van der Waals surface area contributed by atoms with E-state index in [0.717, 1.165) is 0 Å². The zero-order valence-corrected chi connectivity index (χ0v) is 12.5. The Hall–Kier alpha value is -3.22. The van der Waals surface area contributed by atoms with Gasteiger partial charge in [0, 0.05) is 17.5 Å². The van der Waals surface area contributed by atoms with Crippen molar-refractivity contribution >= 4 is 23.2 Å². The lowest BCUT2D eigenvalue weighted by atomic mass is 10.2. The molecule has 2 amide bonds. The Morgan fingerprint density at radius 1 is 1.22 bits per heavy atom. The lowest BCUT2D eigenvalue weighted by molar-refractivity contribution is -0.115. The van der Waals surface area contributed by atoms with Gasteiger partial charge in [0.25, 0.3) is 5.91 Å². The monoisotopic (exact) mass is 312 g/mol. The van der Waals surface area contributed by atoms with Gasteiger partial charge in [0.05, 0.1) is 18.3 Å². The summed E-state index contributed by atoms with van der Waals surface area (Å²) in [6, 6.07) is 9.22. The molecule has 0 aliphatic carbocycles. The van der Waals surface area contributed by atoms with E-state index in [-0.39, 0.29) is 18.1 Å².